The molecule has 0 radical (unpaired) electrons. The van der Waals surface area contributed by atoms with Gasteiger partial charge >= 0.3 is 0 Å². The molecule has 2 atom stereocenters. The fourth-order valence-electron chi connectivity index (χ4n) is 4.12. The number of nitrogens with zero attached hydrogens (tertiary/aromatic N) is 1. The zero-order valence-electron chi connectivity index (χ0n) is 15.7. The third kappa shape index (κ3) is 3.97. The maximum absolute atomic E-state index is 13.2. The number of carbonyl (C=O) groups is 1. The van der Waals surface area contributed by atoms with Crippen LogP contribution in [0.3, 0.4) is 0 Å². The highest BCUT2D eigenvalue weighted by Gasteiger charge is 2.38. The van der Waals surface area contributed by atoms with Crippen molar-refractivity contribution in [2.24, 2.45) is 0 Å². The van der Waals surface area contributed by atoms with E-state index in [-0.39, 0.29) is 29.4 Å². The number of carbonyl (C=O) groups excluding carboxylic acids is 1. The van der Waals surface area contributed by atoms with E-state index in [0.29, 0.717) is 5.56 Å². The highest BCUT2D eigenvalue weighted by Crippen LogP contribution is 2.30. The van der Waals surface area contributed by atoms with Crippen LogP contribution in [0.1, 0.15) is 35.2 Å². The lowest BCUT2D eigenvalue weighted by Crippen LogP contribution is -2.42. The van der Waals surface area contributed by atoms with E-state index in [9.17, 15) is 13.2 Å². The second-order valence-corrected chi connectivity index (χ2v) is 9.20. The van der Waals surface area contributed by atoms with Gasteiger partial charge in [0.05, 0.1) is 4.90 Å². The minimum Gasteiger partial charge on any atom is -0.331 e. The van der Waals surface area contributed by atoms with Crippen LogP contribution in [0.4, 0.5) is 0 Å². The summed E-state index contributed by atoms with van der Waals surface area (Å²) in [5, 5.41) is 3.38. The van der Waals surface area contributed by atoms with Crippen molar-refractivity contribution in [3.8, 4) is 0 Å². The van der Waals surface area contributed by atoms with E-state index >= 15 is 0 Å². The maximum Gasteiger partial charge on any atom is 0.254 e. The van der Waals surface area contributed by atoms with Gasteiger partial charge in [-0.15, -0.1) is 0 Å². The fourth-order valence-corrected chi connectivity index (χ4v) is 5.18. The van der Waals surface area contributed by atoms with Crippen molar-refractivity contribution in [2.75, 3.05) is 13.1 Å². The molecule has 0 aliphatic carbocycles. The quantitative estimate of drug-likeness (QED) is 0.807. The predicted molar refractivity (Wildman–Crippen MR) is 107 cm³/mol. The minimum atomic E-state index is -3.70. The second-order valence-electron chi connectivity index (χ2n) is 7.43. The van der Waals surface area contributed by atoms with E-state index in [0.717, 1.165) is 37.9 Å². The molecular formula is C21H25N3O3S. The van der Waals surface area contributed by atoms with Crippen LogP contribution < -0.4 is 10.0 Å². The second kappa shape index (κ2) is 8.03. The molecule has 0 aromatic heterocycles. The summed E-state index contributed by atoms with van der Waals surface area (Å²) in [5.41, 5.74) is 1.31. The lowest BCUT2D eigenvalue weighted by Gasteiger charge is -2.28. The van der Waals surface area contributed by atoms with E-state index in [2.05, 4.69) is 10.0 Å². The Morgan fingerprint density at radius 2 is 1.82 bits per heavy atom. The zero-order chi connectivity index (χ0) is 19.6. The minimum absolute atomic E-state index is 0.0729. The van der Waals surface area contributed by atoms with Crippen LogP contribution in [0.5, 0.6) is 0 Å². The predicted octanol–water partition coefficient (Wildman–Crippen LogP) is 2.13. The molecule has 2 N–H and O–H groups in total. The van der Waals surface area contributed by atoms with Crippen molar-refractivity contribution in [3.05, 3.63) is 65.7 Å². The summed E-state index contributed by atoms with van der Waals surface area (Å²) in [6.45, 7) is 1.94. The molecule has 148 valence electrons. The Hall–Kier alpha value is -2.22. The van der Waals surface area contributed by atoms with Crippen LogP contribution in [0, 0.1) is 0 Å². The van der Waals surface area contributed by atoms with Crippen molar-refractivity contribution in [2.45, 2.75) is 42.8 Å². The smallest absolute Gasteiger partial charge is 0.254 e. The van der Waals surface area contributed by atoms with Gasteiger partial charge in [-0.05, 0) is 49.6 Å². The number of hydrogen-bond donors (Lipinski definition) is 2. The van der Waals surface area contributed by atoms with Gasteiger partial charge in [-0.2, -0.15) is 0 Å². The molecule has 28 heavy (non-hydrogen) atoms. The number of rotatable bonds is 5. The molecule has 2 bridgehead atoms. The van der Waals surface area contributed by atoms with Crippen molar-refractivity contribution in [3.63, 3.8) is 0 Å². The van der Waals surface area contributed by atoms with Crippen LogP contribution in [0.25, 0.3) is 0 Å². The number of benzene rings is 2. The first-order chi connectivity index (χ1) is 13.5. The normalized spacial score (nSPS) is 22.1. The Morgan fingerprint density at radius 3 is 2.64 bits per heavy atom. The Balaban J connectivity index is 1.53. The maximum atomic E-state index is 13.2. The average molecular weight is 400 g/mol. The monoisotopic (exact) mass is 399 g/mol. The van der Waals surface area contributed by atoms with Crippen LogP contribution in [-0.4, -0.2) is 44.4 Å². The molecule has 2 unspecified atom stereocenters. The van der Waals surface area contributed by atoms with Gasteiger partial charge in [0.1, 0.15) is 0 Å². The lowest BCUT2D eigenvalue weighted by atomic mass is 10.1. The number of sulfonamides is 1. The zero-order valence-corrected chi connectivity index (χ0v) is 16.5. The van der Waals surface area contributed by atoms with Crippen LogP contribution >= 0.6 is 0 Å². The highest BCUT2D eigenvalue weighted by atomic mass is 32.2. The summed E-state index contributed by atoms with van der Waals surface area (Å²) in [6.07, 6.45) is 2.97. The standard InChI is InChI=1S/C21H25N3O3S/c25-21(24-18-9-10-19(24)15-22-12-11-18)17-7-4-8-20(13-17)28(26,27)23-14-16-5-2-1-3-6-16/h1-8,13,18-19,22-23H,9-12,14-15H2. The van der Waals surface area contributed by atoms with E-state index in [1.54, 1.807) is 12.1 Å². The van der Waals surface area contributed by atoms with Gasteiger partial charge in [0.2, 0.25) is 10.0 Å². The Kier molecular flexibility index (Phi) is 5.48. The first-order valence-corrected chi connectivity index (χ1v) is 11.2. The first kappa shape index (κ1) is 19.1. The molecule has 2 aliphatic rings. The van der Waals surface area contributed by atoms with E-state index in [1.165, 1.54) is 12.1 Å². The molecule has 0 spiro atoms. The Labute approximate surface area is 166 Å². The number of nitrogens with one attached hydrogen (secondary N) is 2. The summed E-state index contributed by atoms with van der Waals surface area (Å²) in [5.74, 6) is -0.0729. The average Bonchev–Trinajstić information content (AvgIpc) is 2.99. The summed E-state index contributed by atoms with van der Waals surface area (Å²) in [7, 11) is -3.70. The van der Waals surface area contributed by atoms with Gasteiger partial charge < -0.3 is 10.2 Å². The number of amides is 1. The molecule has 4 rings (SSSR count). The summed E-state index contributed by atoms with van der Waals surface area (Å²) in [6, 6.07) is 16.2. The van der Waals surface area contributed by atoms with Crippen LogP contribution in [0.2, 0.25) is 0 Å². The third-order valence-corrected chi connectivity index (χ3v) is 6.99. The molecule has 2 heterocycles. The van der Waals surface area contributed by atoms with Crippen molar-refractivity contribution >= 4 is 15.9 Å². The van der Waals surface area contributed by atoms with Crippen molar-refractivity contribution < 1.29 is 13.2 Å². The molecule has 6 nitrogen and oxygen atoms in total. The Morgan fingerprint density at radius 1 is 1.04 bits per heavy atom. The molecule has 7 heteroatoms. The molecule has 2 fully saturated rings. The summed E-state index contributed by atoms with van der Waals surface area (Å²) in [4.78, 5) is 15.2. The van der Waals surface area contributed by atoms with Crippen molar-refractivity contribution in [1.82, 2.24) is 14.9 Å². The van der Waals surface area contributed by atoms with Gasteiger partial charge in [-0.25, -0.2) is 13.1 Å². The highest BCUT2D eigenvalue weighted by molar-refractivity contribution is 7.89. The van der Waals surface area contributed by atoms with E-state index < -0.39 is 10.0 Å². The largest absolute Gasteiger partial charge is 0.331 e. The molecule has 2 aromatic rings. The first-order valence-electron chi connectivity index (χ1n) is 9.71. The van der Waals surface area contributed by atoms with Gasteiger partial charge in [0.15, 0.2) is 0 Å². The van der Waals surface area contributed by atoms with Gasteiger partial charge in [0, 0.05) is 30.7 Å². The molecule has 2 saturated heterocycles. The third-order valence-electron chi connectivity index (χ3n) is 5.59. The molecule has 1 amide bonds. The number of fused-ring (bicyclic) bond motifs is 2. The van der Waals surface area contributed by atoms with E-state index in [1.807, 2.05) is 35.2 Å². The van der Waals surface area contributed by atoms with Gasteiger partial charge in [0.25, 0.3) is 5.91 Å². The van der Waals surface area contributed by atoms with Crippen LogP contribution in [-0.2, 0) is 16.6 Å². The Bertz CT molecular complexity index is 932. The molecular weight excluding hydrogens is 374 g/mol. The molecule has 2 aromatic carbocycles. The lowest BCUT2D eigenvalue weighted by molar-refractivity contribution is 0.0680. The van der Waals surface area contributed by atoms with Gasteiger partial charge in [-0.1, -0.05) is 36.4 Å². The summed E-state index contributed by atoms with van der Waals surface area (Å²) < 4.78 is 28.0. The SMILES string of the molecule is O=C(c1cccc(S(=O)(=O)NCc2ccccc2)c1)N1C2CCNCC1CC2. The van der Waals surface area contributed by atoms with E-state index in [4.69, 9.17) is 0 Å². The topological polar surface area (TPSA) is 78.5 Å². The van der Waals surface area contributed by atoms with Crippen molar-refractivity contribution in [1.29, 1.82) is 0 Å². The van der Waals surface area contributed by atoms with Crippen LogP contribution in [0.15, 0.2) is 59.5 Å². The fraction of sp³-hybridized carbons (Fsp3) is 0.381. The number of hydrogen-bond acceptors (Lipinski definition) is 4. The summed E-state index contributed by atoms with van der Waals surface area (Å²) >= 11 is 0. The van der Waals surface area contributed by atoms with Gasteiger partial charge in [-0.3, -0.25) is 4.79 Å². The molecule has 2 aliphatic heterocycles. The molecule has 0 saturated carbocycles.